The second-order valence-corrected chi connectivity index (χ2v) is 4.64. The maximum Gasteiger partial charge on any atom is 0.189 e. The molecule has 1 aliphatic heterocycles. The van der Waals surface area contributed by atoms with E-state index in [1.54, 1.807) is 0 Å². The van der Waals surface area contributed by atoms with Gasteiger partial charge in [-0.1, -0.05) is 0 Å². The van der Waals surface area contributed by atoms with Crippen LogP contribution >= 0.6 is 0 Å². The van der Waals surface area contributed by atoms with Crippen molar-refractivity contribution in [3.63, 3.8) is 0 Å². The Labute approximate surface area is 101 Å². The third-order valence-corrected chi connectivity index (χ3v) is 2.76. The fourth-order valence-electron chi connectivity index (χ4n) is 1.98. The molecule has 0 atom stereocenters. The average Bonchev–Trinajstić information content (AvgIpc) is 2.69. The van der Waals surface area contributed by atoms with Crippen molar-refractivity contribution < 1.29 is 0 Å². The van der Waals surface area contributed by atoms with Gasteiger partial charge in [0.1, 0.15) is 12.4 Å². The first-order valence-electron chi connectivity index (χ1n) is 6.14. The summed E-state index contributed by atoms with van der Waals surface area (Å²) < 4.78 is 2.16. The Morgan fingerprint density at radius 2 is 2.29 bits per heavy atom. The molecule has 0 radical (unpaired) electrons. The highest BCUT2D eigenvalue weighted by molar-refractivity contribution is 5.77. The molecule has 0 fully saturated rings. The largest absolute Gasteiger partial charge is 0.370 e. The van der Waals surface area contributed by atoms with E-state index in [9.17, 15) is 0 Å². The van der Waals surface area contributed by atoms with Crippen LogP contribution in [0.3, 0.4) is 0 Å². The molecule has 6 nitrogen and oxygen atoms in total. The molecular weight excluding hydrogens is 216 g/mol. The zero-order chi connectivity index (χ0) is 12.3. The number of hydrogen-bond acceptors (Lipinski definition) is 3. The van der Waals surface area contributed by atoms with E-state index in [2.05, 4.69) is 25.1 Å². The number of aliphatic imine (C=N–C) groups is 1. The van der Waals surface area contributed by atoms with Gasteiger partial charge in [0.05, 0.1) is 0 Å². The Morgan fingerprint density at radius 1 is 1.47 bits per heavy atom. The third kappa shape index (κ3) is 2.95. The molecule has 2 heterocycles. The van der Waals surface area contributed by atoms with Crippen LogP contribution in [0.2, 0.25) is 0 Å². The molecule has 0 bridgehead atoms. The van der Waals surface area contributed by atoms with Crippen molar-refractivity contribution in [2.75, 3.05) is 0 Å². The molecule has 0 spiro atoms. The first-order valence-corrected chi connectivity index (χ1v) is 6.14. The summed E-state index contributed by atoms with van der Waals surface area (Å²) in [5.74, 6) is 2.46. The van der Waals surface area contributed by atoms with Gasteiger partial charge in [0.15, 0.2) is 11.8 Å². The third-order valence-electron chi connectivity index (χ3n) is 2.76. The van der Waals surface area contributed by atoms with Crippen molar-refractivity contribution in [2.24, 2.45) is 10.7 Å². The average molecular weight is 236 g/mol. The Morgan fingerprint density at radius 3 is 3.06 bits per heavy atom. The molecule has 0 saturated heterocycles. The predicted molar refractivity (Wildman–Crippen MR) is 66.6 cm³/mol. The van der Waals surface area contributed by atoms with Gasteiger partial charge in [-0.25, -0.2) is 4.99 Å². The molecule has 1 aromatic heterocycles. The highest BCUT2D eigenvalue weighted by Gasteiger charge is 2.14. The lowest BCUT2D eigenvalue weighted by Gasteiger charge is -2.14. The van der Waals surface area contributed by atoms with Crippen LogP contribution in [0, 0.1) is 0 Å². The highest BCUT2D eigenvalue weighted by atomic mass is 15.3. The van der Waals surface area contributed by atoms with Gasteiger partial charge < -0.3 is 15.6 Å². The Kier molecular flexibility index (Phi) is 3.61. The zero-order valence-electron chi connectivity index (χ0n) is 10.5. The van der Waals surface area contributed by atoms with E-state index >= 15 is 0 Å². The maximum atomic E-state index is 5.75. The number of fused-ring (bicyclic) bond motifs is 1. The number of aryl methyl sites for hydroxylation is 1. The Bertz CT molecular complexity index is 406. The van der Waals surface area contributed by atoms with Gasteiger partial charge in [-0.15, -0.1) is 10.2 Å². The summed E-state index contributed by atoms with van der Waals surface area (Å²) >= 11 is 0. The predicted octanol–water partition coefficient (Wildman–Crippen LogP) is 0.427. The Hall–Kier alpha value is -1.59. The second-order valence-electron chi connectivity index (χ2n) is 4.64. The van der Waals surface area contributed by atoms with Gasteiger partial charge in [0, 0.05) is 19.0 Å². The molecule has 0 amide bonds. The van der Waals surface area contributed by atoms with Crippen molar-refractivity contribution in [1.29, 1.82) is 0 Å². The number of nitrogens with two attached hydrogens (primary N) is 1. The molecule has 17 heavy (non-hydrogen) atoms. The monoisotopic (exact) mass is 236 g/mol. The zero-order valence-corrected chi connectivity index (χ0v) is 10.5. The molecule has 1 aliphatic rings. The van der Waals surface area contributed by atoms with E-state index in [0.29, 0.717) is 18.5 Å². The van der Waals surface area contributed by atoms with Crippen LogP contribution in [-0.2, 0) is 19.5 Å². The number of guanidine groups is 1. The molecule has 94 valence electrons. The minimum atomic E-state index is 0.297. The smallest absolute Gasteiger partial charge is 0.189 e. The first-order chi connectivity index (χ1) is 8.16. The number of nitrogens with one attached hydrogen (secondary N) is 1. The lowest BCUT2D eigenvalue weighted by Crippen LogP contribution is -2.36. The van der Waals surface area contributed by atoms with Crippen molar-refractivity contribution in [3.05, 3.63) is 11.6 Å². The van der Waals surface area contributed by atoms with E-state index in [-0.39, 0.29) is 0 Å². The van der Waals surface area contributed by atoms with E-state index in [0.717, 1.165) is 24.6 Å². The first kappa shape index (κ1) is 11.9. The fourth-order valence-corrected chi connectivity index (χ4v) is 1.98. The van der Waals surface area contributed by atoms with Gasteiger partial charge in [-0.2, -0.15) is 0 Å². The summed E-state index contributed by atoms with van der Waals surface area (Å²) in [6.45, 7) is 5.56. The minimum absolute atomic E-state index is 0.297. The lowest BCUT2D eigenvalue weighted by molar-refractivity contribution is 0.508. The van der Waals surface area contributed by atoms with Gasteiger partial charge >= 0.3 is 0 Å². The molecule has 0 saturated carbocycles. The molecule has 2 rings (SSSR count). The number of hydrogen-bond donors (Lipinski definition) is 2. The van der Waals surface area contributed by atoms with Gasteiger partial charge in [0.2, 0.25) is 0 Å². The topological polar surface area (TPSA) is 81.1 Å². The van der Waals surface area contributed by atoms with Gasteiger partial charge in [0.25, 0.3) is 0 Å². The summed E-state index contributed by atoms with van der Waals surface area (Å²) in [6, 6.07) is 0.297. The molecular formula is C11H20N6. The van der Waals surface area contributed by atoms with Crippen LogP contribution in [0.15, 0.2) is 4.99 Å². The van der Waals surface area contributed by atoms with Crippen LogP contribution < -0.4 is 11.1 Å². The molecule has 1 aromatic rings. The number of aromatic nitrogens is 3. The van der Waals surface area contributed by atoms with Gasteiger partial charge in [-0.3, -0.25) is 0 Å². The van der Waals surface area contributed by atoms with Gasteiger partial charge in [-0.05, 0) is 26.7 Å². The summed E-state index contributed by atoms with van der Waals surface area (Å²) in [5, 5.41) is 11.4. The van der Waals surface area contributed by atoms with Crippen LogP contribution in [-0.4, -0.2) is 26.8 Å². The van der Waals surface area contributed by atoms with Crippen LogP contribution in [0.1, 0.15) is 38.3 Å². The van der Waals surface area contributed by atoms with Crippen LogP contribution in [0.5, 0.6) is 0 Å². The summed E-state index contributed by atoms with van der Waals surface area (Å²) in [6.07, 6.45) is 3.43. The lowest BCUT2D eigenvalue weighted by atomic mass is 10.2. The fraction of sp³-hybridized carbons (Fsp3) is 0.727. The summed E-state index contributed by atoms with van der Waals surface area (Å²) in [7, 11) is 0. The minimum Gasteiger partial charge on any atom is -0.370 e. The van der Waals surface area contributed by atoms with Crippen LogP contribution in [0.4, 0.5) is 0 Å². The quantitative estimate of drug-likeness (QED) is 0.589. The summed E-state index contributed by atoms with van der Waals surface area (Å²) in [4.78, 5) is 4.27. The number of nitrogens with zero attached hydrogens (tertiary/aromatic N) is 4. The molecule has 0 unspecified atom stereocenters. The Balaban J connectivity index is 2.01. The normalized spacial score (nSPS) is 16.1. The van der Waals surface area contributed by atoms with Crippen molar-refractivity contribution in [2.45, 2.75) is 52.2 Å². The second kappa shape index (κ2) is 5.16. The van der Waals surface area contributed by atoms with Crippen molar-refractivity contribution in [1.82, 2.24) is 20.1 Å². The standard InChI is InChI=1S/C11H20N6/c1-8(2)14-11(12)13-7-10-16-15-9-5-3-4-6-17(9)10/h8H,3-7H2,1-2H3,(H3,12,13,14). The van der Waals surface area contributed by atoms with E-state index in [1.807, 2.05) is 13.8 Å². The van der Waals surface area contributed by atoms with Crippen LogP contribution in [0.25, 0.3) is 0 Å². The van der Waals surface area contributed by atoms with E-state index in [1.165, 1.54) is 12.8 Å². The maximum absolute atomic E-state index is 5.75. The molecule has 0 aromatic carbocycles. The molecule has 0 aliphatic carbocycles. The SMILES string of the molecule is CC(C)NC(N)=NCc1nnc2n1CCCC2. The van der Waals surface area contributed by atoms with E-state index in [4.69, 9.17) is 5.73 Å². The molecule has 6 heteroatoms. The van der Waals surface area contributed by atoms with E-state index < -0.39 is 0 Å². The highest BCUT2D eigenvalue weighted by Crippen LogP contribution is 2.14. The van der Waals surface area contributed by atoms with Crippen molar-refractivity contribution >= 4 is 5.96 Å². The number of rotatable bonds is 3. The molecule has 3 N–H and O–H groups in total. The van der Waals surface area contributed by atoms with Crippen molar-refractivity contribution in [3.8, 4) is 0 Å². The summed E-state index contributed by atoms with van der Waals surface area (Å²) in [5.41, 5.74) is 5.75.